The van der Waals surface area contributed by atoms with E-state index >= 15 is 0 Å². The maximum atomic E-state index is 13.1. The zero-order valence-corrected chi connectivity index (χ0v) is 13.8. The number of nitrogens with one attached hydrogen (secondary N) is 1. The monoisotopic (exact) mass is 333 g/mol. The van der Waals surface area contributed by atoms with Crippen LogP contribution >= 0.6 is 11.3 Å². The summed E-state index contributed by atoms with van der Waals surface area (Å²) in [5.74, 6) is -0.392. The summed E-state index contributed by atoms with van der Waals surface area (Å²) in [5.41, 5.74) is -0.824. The van der Waals surface area contributed by atoms with E-state index in [2.05, 4.69) is 5.32 Å². The molecule has 3 nitrogen and oxygen atoms in total. The third kappa shape index (κ3) is 3.03. The highest BCUT2D eigenvalue weighted by Crippen LogP contribution is 2.44. The van der Waals surface area contributed by atoms with Crippen molar-refractivity contribution in [2.45, 2.75) is 37.2 Å². The second-order valence-corrected chi connectivity index (χ2v) is 7.32. The molecule has 1 aliphatic rings. The van der Waals surface area contributed by atoms with Crippen molar-refractivity contribution in [1.82, 2.24) is 5.32 Å². The van der Waals surface area contributed by atoms with Crippen LogP contribution < -0.4 is 5.32 Å². The summed E-state index contributed by atoms with van der Waals surface area (Å²) in [7, 11) is 0. The molecule has 2 N–H and O–H groups in total. The molecular weight excluding hydrogens is 313 g/mol. The molecule has 1 fully saturated rings. The van der Waals surface area contributed by atoms with Gasteiger partial charge in [-0.2, -0.15) is 0 Å². The van der Waals surface area contributed by atoms with Crippen LogP contribution in [0.4, 0.5) is 4.39 Å². The third-order valence-corrected chi connectivity index (χ3v) is 5.81. The molecule has 1 aromatic heterocycles. The molecule has 3 rings (SSSR count). The van der Waals surface area contributed by atoms with E-state index in [0.29, 0.717) is 0 Å². The minimum atomic E-state index is -1.09. The van der Waals surface area contributed by atoms with Gasteiger partial charge in [0.05, 0.1) is 12.0 Å². The van der Waals surface area contributed by atoms with Crippen LogP contribution in [0, 0.1) is 5.82 Å². The number of halogens is 1. The van der Waals surface area contributed by atoms with E-state index in [1.54, 1.807) is 19.1 Å². The average Bonchev–Trinajstić information content (AvgIpc) is 3.01. The number of benzene rings is 1. The number of hydrogen-bond acceptors (Lipinski definition) is 3. The molecule has 0 spiro atoms. The first-order valence-electron chi connectivity index (χ1n) is 7.75. The lowest BCUT2D eigenvalue weighted by atomic mass is 9.63. The first-order valence-corrected chi connectivity index (χ1v) is 8.63. The normalized spacial score (nSPS) is 18.7. The topological polar surface area (TPSA) is 49.3 Å². The Hall–Kier alpha value is -1.72. The molecule has 1 saturated carbocycles. The highest BCUT2D eigenvalue weighted by molar-refractivity contribution is 7.10. The van der Waals surface area contributed by atoms with Crippen LogP contribution in [-0.4, -0.2) is 17.6 Å². The Balaban J connectivity index is 1.72. The number of amides is 1. The second-order valence-electron chi connectivity index (χ2n) is 6.38. The fraction of sp³-hybridized carbons (Fsp3) is 0.389. The molecular formula is C18H20FNO2S. The maximum Gasteiger partial charge on any atom is 0.230 e. The van der Waals surface area contributed by atoms with Crippen LogP contribution in [-0.2, 0) is 15.8 Å². The molecule has 1 atom stereocenters. The highest BCUT2D eigenvalue weighted by atomic mass is 32.1. The Morgan fingerprint density at radius 2 is 2.04 bits per heavy atom. The molecule has 1 amide bonds. The Bertz CT molecular complexity index is 676. The van der Waals surface area contributed by atoms with Crippen molar-refractivity contribution < 1.29 is 14.3 Å². The highest BCUT2D eigenvalue weighted by Gasteiger charge is 2.46. The summed E-state index contributed by atoms with van der Waals surface area (Å²) >= 11 is 1.46. The van der Waals surface area contributed by atoms with Gasteiger partial charge in [0.1, 0.15) is 11.4 Å². The van der Waals surface area contributed by atoms with E-state index in [9.17, 15) is 14.3 Å². The minimum Gasteiger partial charge on any atom is -0.383 e. The van der Waals surface area contributed by atoms with E-state index in [-0.39, 0.29) is 18.3 Å². The van der Waals surface area contributed by atoms with Crippen molar-refractivity contribution in [3.8, 4) is 0 Å². The number of rotatable bonds is 5. The zero-order chi connectivity index (χ0) is 16.5. The molecule has 5 heteroatoms. The Morgan fingerprint density at radius 1 is 1.35 bits per heavy atom. The molecule has 1 aliphatic carbocycles. The Morgan fingerprint density at radius 3 is 2.57 bits per heavy atom. The first-order chi connectivity index (χ1) is 10.9. The summed E-state index contributed by atoms with van der Waals surface area (Å²) in [6, 6.07) is 9.89. The van der Waals surface area contributed by atoms with Crippen molar-refractivity contribution in [1.29, 1.82) is 0 Å². The van der Waals surface area contributed by atoms with Gasteiger partial charge in [-0.25, -0.2) is 4.39 Å². The molecule has 0 bridgehead atoms. The van der Waals surface area contributed by atoms with Crippen LogP contribution in [0.2, 0.25) is 0 Å². The summed E-state index contributed by atoms with van der Waals surface area (Å²) in [6.07, 6.45) is 2.49. The molecule has 1 heterocycles. The first kappa shape index (κ1) is 16.1. The Kier molecular flexibility index (Phi) is 4.25. The fourth-order valence-corrected chi connectivity index (χ4v) is 3.83. The lowest BCUT2D eigenvalue weighted by Gasteiger charge is -2.41. The number of carbonyl (C=O) groups is 1. The van der Waals surface area contributed by atoms with Crippen LogP contribution in [0.5, 0.6) is 0 Å². The molecule has 0 saturated heterocycles. The molecule has 0 radical (unpaired) electrons. The summed E-state index contributed by atoms with van der Waals surface area (Å²) in [5, 5.41) is 15.3. The number of aliphatic hydroxyl groups is 1. The molecule has 2 aromatic rings. The van der Waals surface area contributed by atoms with Crippen LogP contribution in [0.15, 0.2) is 41.8 Å². The van der Waals surface area contributed by atoms with Gasteiger partial charge in [0.15, 0.2) is 0 Å². The zero-order valence-electron chi connectivity index (χ0n) is 13.0. The van der Waals surface area contributed by atoms with Crippen LogP contribution in [0.25, 0.3) is 0 Å². The fourth-order valence-electron chi connectivity index (χ4n) is 3.04. The van der Waals surface area contributed by atoms with E-state index in [0.717, 1.165) is 29.7 Å². The van der Waals surface area contributed by atoms with Gasteiger partial charge in [-0.3, -0.25) is 4.79 Å². The Labute approximate surface area is 139 Å². The molecule has 23 heavy (non-hydrogen) atoms. The number of thiophene rings is 1. The van der Waals surface area contributed by atoms with Gasteiger partial charge < -0.3 is 10.4 Å². The molecule has 1 unspecified atom stereocenters. The van der Waals surface area contributed by atoms with Gasteiger partial charge in [0, 0.05) is 4.88 Å². The lowest BCUT2D eigenvalue weighted by molar-refractivity contribution is -0.131. The molecule has 122 valence electrons. The van der Waals surface area contributed by atoms with Crippen molar-refractivity contribution in [2.24, 2.45) is 0 Å². The molecule has 0 aliphatic heterocycles. The van der Waals surface area contributed by atoms with Crippen molar-refractivity contribution in [2.75, 3.05) is 6.54 Å². The number of hydrogen-bond donors (Lipinski definition) is 2. The van der Waals surface area contributed by atoms with E-state index in [4.69, 9.17) is 0 Å². The number of carbonyl (C=O) groups excluding carboxylic acids is 1. The van der Waals surface area contributed by atoms with Gasteiger partial charge >= 0.3 is 0 Å². The summed E-state index contributed by atoms with van der Waals surface area (Å²) in [4.78, 5) is 13.6. The standard InChI is InChI=1S/C18H20FNO2S/c1-17(22,15-4-2-11-23-15)12-20-16(21)18(9-3-10-18)13-5-7-14(19)8-6-13/h2,4-8,11,22H,3,9-10,12H2,1H3,(H,20,21). The van der Waals surface area contributed by atoms with Gasteiger partial charge in [-0.15, -0.1) is 11.3 Å². The van der Waals surface area contributed by atoms with Crippen LogP contribution in [0.1, 0.15) is 36.6 Å². The van der Waals surface area contributed by atoms with Gasteiger partial charge in [-0.1, -0.05) is 24.6 Å². The summed E-state index contributed by atoms with van der Waals surface area (Å²) in [6.45, 7) is 1.86. The lowest BCUT2D eigenvalue weighted by Crippen LogP contribution is -2.51. The quantitative estimate of drug-likeness (QED) is 0.882. The van der Waals surface area contributed by atoms with E-state index < -0.39 is 11.0 Å². The average molecular weight is 333 g/mol. The van der Waals surface area contributed by atoms with Crippen LogP contribution in [0.3, 0.4) is 0 Å². The predicted octanol–water partition coefficient (Wildman–Crippen LogP) is 3.33. The van der Waals surface area contributed by atoms with Crippen molar-refractivity contribution in [3.63, 3.8) is 0 Å². The van der Waals surface area contributed by atoms with E-state index in [1.807, 2.05) is 17.5 Å². The SMILES string of the molecule is CC(O)(CNC(=O)C1(c2ccc(F)cc2)CCC1)c1cccs1. The smallest absolute Gasteiger partial charge is 0.230 e. The van der Waals surface area contributed by atoms with Crippen molar-refractivity contribution in [3.05, 3.63) is 58.0 Å². The van der Waals surface area contributed by atoms with Gasteiger partial charge in [0.2, 0.25) is 5.91 Å². The summed E-state index contributed by atoms with van der Waals surface area (Å²) < 4.78 is 13.1. The predicted molar refractivity (Wildman–Crippen MR) is 88.8 cm³/mol. The van der Waals surface area contributed by atoms with E-state index in [1.165, 1.54) is 23.5 Å². The molecule has 1 aromatic carbocycles. The minimum absolute atomic E-state index is 0.0906. The van der Waals surface area contributed by atoms with Gasteiger partial charge in [0.25, 0.3) is 0 Å². The largest absolute Gasteiger partial charge is 0.383 e. The maximum absolute atomic E-state index is 13.1. The van der Waals surface area contributed by atoms with Gasteiger partial charge in [-0.05, 0) is 48.9 Å². The van der Waals surface area contributed by atoms with Crippen molar-refractivity contribution >= 4 is 17.2 Å². The third-order valence-electron chi connectivity index (χ3n) is 4.68. The second kappa shape index (κ2) is 6.06.